The predicted molar refractivity (Wildman–Crippen MR) is 85.4 cm³/mol. The standard InChI is InChI=1S/C17H16ClFN2O/c18-14-9-8-13(10-15(14)19)20-16(11-4-2-1-3-5-11)17(22)21-12-6-7-12/h1-5,8-10,12,16,20H,6-7H2,(H,21,22)/t16-/m1/s1. The van der Waals surface area contributed by atoms with Crippen LogP contribution in [-0.4, -0.2) is 11.9 Å². The van der Waals surface area contributed by atoms with Gasteiger partial charge in [0.15, 0.2) is 0 Å². The summed E-state index contributed by atoms with van der Waals surface area (Å²) in [5.41, 5.74) is 1.35. The van der Waals surface area contributed by atoms with Crippen LogP contribution >= 0.6 is 11.6 Å². The fourth-order valence-electron chi connectivity index (χ4n) is 2.21. The summed E-state index contributed by atoms with van der Waals surface area (Å²) in [5, 5.41) is 6.12. The van der Waals surface area contributed by atoms with Crippen LogP contribution in [0.3, 0.4) is 0 Å². The van der Waals surface area contributed by atoms with Gasteiger partial charge in [-0.25, -0.2) is 4.39 Å². The summed E-state index contributed by atoms with van der Waals surface area (Å²) in [6, 6.07) is 13.5. The van der Waals surface area contributed by atoms with Crippen molar-refractivity contribution >= 4 is 23.2 Å². The zero-order chi connectivity index (χ0) is 15.5. The maximum absolute atomic E-state index is 13.6. The minimum Gasteiger partial charge on any atom is -0.370 e. The Morgan fingerprint density at radius 2 is 1.91 bits per heavy atom. The number of nitrogens with one attached hydrogen (secondary N) is 2. The molecule has 1 atom stereocenters. The van der Waals surface area contributed by atoms with E-state index in [1.54, 1.807) is 6.07 Å². The summed E-state index contributed by atoms with van der Waals surface area (Å²) >= 11 is 5.69. The lowest BCUT2D eigenvalue weighted by Crippen LogP contribution is -2.34. The fourth-order valence-corrected chi connectivity index (χ4v) is 2.33. The Hall–Kier alpha value is -2.07. The Morgan fingerprint density at radius 3 is 2.55 bits per heavy atom. The lowest BCUT2D eigenvalue weighted by Gasteiger charge is -2.20. The van der Waals surface area contributed by atoms with Crippen LogP contribution in [-0.2, 0) is 4.79 Å². The Morgan fingerprint density at radius 1 is 1.18 bits per heavy atom. The summed E-state index contributed by atoms with van der Waals surface area (Å²) in [6.07, 6.45) is 2.03. The second-order valence-electron chi connectivity index (χ2n) is 5.40. The minimum atomic E-state index is -0.567. The first-order valence-corrected chi connectivity index (χ1v) is 7.58. The van der Waals surface area contributed by atoms with Gasteiger partial charge in [0.25, 0.3) is 0 Å². The number of carbonyl (C=O) groups is 1. The third-order valence-electron chi connectivity index (χ3n) is 3.55. The SMILES string of the molecule is O=C(NC1CC1)[C@H](Nc1ccc(Cl)c(F)c1)c1ccccc1. The molecular formula is C17H16ClFN2O. The van der Waals surface area contributed by atoms with Gasteiger partial charge in [0, 0.05) is 11.7 Å². The van der Waals surface area contributed by atoms with Crippen LogP contribution in [0.5, 0.6) is 0 Å². The van der Waals surface area contributed by atoms with Crippen LogP contribution in [0, 0.1) is 5.82 Å². The third-order valence-corrected chi connectivity index (χ3v) is 3.86. The normalized spacial score (nSPS) is 15.2. The molecule has 1 saturated carbocycles. The molecule has 1 aliphatic rings. The van der Waals surface area contributed by atoms with Gasteiger partial charge in [0.1, 0.15) is 11.9 Å². The first-order valence-electron chi connectivity index (χ1n) is 7.20. The van der Waals surface area contributed by atoms with E-state index >= 15 is 0 Å². The molecule has 0 unspecified atom stereocenters. The number of amides is 1. The number of carbonyl (C=O) groups excluding carboxylic acids is 1. The van der Waals surface area contributed by atoms with E-state index in [-0.39, 0.29) is 17.0 Å². The highest BCUT2D eigenvalue weighted by atomic mass is 35.5. The van der Waals surface area contributed by atoms with Crippen molar-refractivity contribution in [2.75, 3.05) is 5.32 Å². The summed E-state index contributed by atoms with van der Waals surface area (Å²) in [5.74, 6) is -0.620. The Bertz CT molecular complexity index is 674. The van der Waals surface area contributed by atoms with E-state index in [4.69, 9.17) is 11.6 Å². The second kappa shape index (κ2) is 6.36. The van der Waals surface area contributed by atoms with Crippen molar-refractivity contribution in [3.8, 4) is 0 Å². The van der Waals surface area contributed by atoms with Crippen molar-refractivity contribution < 1.29 is 9.18 Å². The van der Waals surface area contributed by atoms with E-state index in [9.17, 15) is 9.18 Å². The monoisotopic (exact) mass is 318 g/mol. The van der Waals surface area contributed by atoms with Gasteiger partial charge in [-0.1, -0.05) is 41.9 Å². The molecule has 1 aliphatic carbocycles. The zero-order valence-corrected chi connectivity index (χ0v) is 12.6. The molecule has 0 saturated heterocycles. The molecule has 0 spiro atoms. The van der Waals surface area contributed by atoms with Crippen LogP contribution < -0.4 is 10.6 Å². The van der Waals surface area contributed by atoms with Gasteiger partial charge in [-0.2, -0.15) is 0 Å². The lowest BCUT2D eigenvalue weighted by molar-refractivity contribution is -0.122. The highest BCUT2D eigenvalue weighted by molar-refractivity contribution is 6.30. The van der Waals surface area contributed by atoms with E-state index < -0.39 is 11.9 Å². The van der Waals surface area contributed by atoms with Crippen LogP contribution in [0.1, 0.15) is 24.4 Å². The van der Waals surface area contributed by atoms with E-state index in [2.05, 4.69) is 10.6 Å². The molecule has 0 bridgehead atoms. The minimum absolute atomic E-state index is 0.0595. The lowest BCUT2D eigenvalue weighted by atomic mass is 10.1. The molecule has 3 rings (SSSR count). The van der Waals surface area contributed by atoms with Crippen molar-refractivity contribution in [2.45, 2.75) is 24.9 Å². The molecule has 0 aliphatic heterocycles. The molecule has 22 heavy (non-hydrogen) atoms. The summed E-state index contributed by atoms with van der Waals surface area (Å²) in [4.78, 5) is 12.5. The van der Waals surface area contributed by atoms with Crippen LogP contribution in [0.2, 0.25) is 5.02 Å². The first-order chi connectivity index (χ1) is 10.6. The first kappa shape index (κ1) is 14.9. The molecule has 2 aromatic carbocycles. The molecule has 1 amide bonds. The fraction of sp³-hybridized carbons (Fsp3) is 0.235. The van der Waals surface area contributed by atoms with Crippen molar-refractivity contribution in [1.29, 1.82) is 0 Å². The average Bonchev–Trinajstić information content (AvgIpc) is 3.33. The number of benzene rings is 2. The largest absolute Gasteiger partial charge is 0.370 e. The smallest absolute Gasteiger partial charge is 0.247 e. The van der Waals surface area contributed by atoms with Crippen molar-refractivity contribution in [2.24, 2.45) is 0 Å². The van der Waals surface area contributed by atoms with Crippen LogP contribution in [0.4, 0.5) is 10.1 Å². The predicted octanol–water partition coefficient (Wildman–Crippen LogP) is 3.91. The van der Waals surface area contributed by atoms with Gasteiger partial charge in [-0.15, -0.1) is 0 Å². The van der Waals surface area contributed by atoms with Crippen LogP contribution in [0.15, 0.2) is 48.5 Å². The van der Waals surface area contributed by atoms with Crippen molar-refractivity contribution in [3.63, 3.8) is 0 Å². The van der Waals surface area contributed by atoms with Gasteiger partial charge in [0.05, 0.1) is 5.02 Å². The third kappa shape index (κ3) is 3.57. The van der Waals surface area contributed by atoms with Crippen molar-refractivity contribution in [3.05, 3.63) is 64.9 Å². The van der Waals surface area contributed by atoms with E-state index in [0.29, 0.717) is 5.69 Å². The van der Waals surface area contributed by atoms with Crippen molar-refractivity contribution in [1.82, 2.24) is 5.32 Å². The number of halogens is 2. The number of hydrogen-bond donors (Lipinski definition) is 2. The van der Waals surface area contributed by atoms with E-state index in [1.807, 2.05) is 30.3 Å². The van der Waals surface area contributed by atoms with Gasteiger partial charge in [-0.3, -0.25) is 4.79 Å². The molecule has 0 aromatic heterocycles. The van der Waals surface area contributed by atoms with E-state index in [0.717, 1.165) is 18.4 Å². The summed E-state index contributed by atoms with van der Waals surface area (Å²) < 4.78 is 13.6. The Balaban J connectivity index is 1.83. The van der Waals surface area contributed by atoms with Gasteiger partial charge in [0.2, 0.25) is 5.91 Å². The molecule has 114 valence electrons. The molecule has 0 heterocycles. The van der Waals surface area contributed by atoms with Gasteiger partial charge in [-0.05, 0) is 36.6 Å². The molecular weight excluding hydrogens is 303 g/mol. The Labute approximate surface area is 133 Å². The molecule has 2 N–H and O–H groups in total. The van der Waals surface area contributed by atoms with Crippen LogP contribution in [0.25, 0.3) is 0 Å². The molecule has 0 radical (unpaired) electrons. The molecule has 5 heteroatoms. The number of rotatable bonds is 5. The summed E-state index contributed by atoms with van der Waals surface area (Å²) in [6.45, 7) is 0. The van der Waals surface area contributed by atoms with E-state index in [1.165, 1.54) is 12.1 Å². The highest BCUT2D eigenvalue weighted by Crippen LogP contribution is 2.25. The average molecular weight is 319 g/mol. The van der Waals surface area contributed by atoms with Gasteiger partial charge >= 0.3 is 0 Å². The molecule has 1 fully saturated rings. The maximum Gasteiger partial charge on any atom is 0.247 e. The quantitative estimate of drug-likeness (QED) is 0.877. The number of anilines is 1. The zero-order valence-electron chi connectivity index (χ0n) is 11.9. The maximum atomic E-state index is 13.6. The molecule has 3 nitrogen and oxygen atoms in total. The summed E-state index contributed by atoms with van der Waals surface area (Å²) in [7, 11) is 0. The topological polar surface area (TPSA) is 41.1 Å². The highest BCUT2D eigenvalue weighted by Gasteiger charge is 2.28. The Kier molecular flexibility index (Phi) is 4.29. The van der Waals surface area contributed by atoms with Gasteiger partial charge < -0.3 is 10.6 Å². The molecule has 2 aromatic rings. The number of hydrogen-bond acceptors (Lipinski definition) is 2. The second-order valence-corrected chi connectivity index (χ2v) is 5.81.